The van der Waals surface area contributed by atoms with E-state index in [2.05, 4.69) is 22.2 Å². The molecule has 0 aliphatic heterocycles. The van der Waals surface area contributed by atoms with Gasteiger partial charge in [0.25, 0.3) is 0 Å². The van der Waals surface area contributed by atoms with Gasteiger partial charge in [-0.1, -0.05) is 12.2 Å². The molecule has 6 atom stereocenters. The Morgan fingerprint density at radius 2 is 1.58 bits per heavy atom. The van der Waals surface area contributed by atoms with Crippen LogP contribution >= 0.6 is 0 Å². The fraction of sp³-hybridized carbons (Fsp3) is 0.348. The van der Waals surface area contributed by atoms with E-state index in [1.54, 1.807) is 24.3 Å². The summed E-state index contributed by atoms with van der Waals surface area (Å²) in [5.74, 6) is -1.16. The third-order valence-electron chi connectivity index (χ3n) is 6.31. The van der Waals surface area contributed by atoms with Crippen LogP contribution in [0.3, 0.4) is 0 Å². The molecular formula is C23H28N4O3S. The second-order valence-corrected chi connectivity index (χ2v) is 9.75. The van der Waals surface area contributed by atoms with E-state index >= 15 is 0 Å². The fourth-order valence-electron chi connectivity index (χ4n) is 4.71. The topological polar surface area (TPSA) is 136 Å². The van der Waals surface area contributed by atoms with E-state index in [0.29, 0.717) is 29.9 Å². The lowest BCUT2D eigenvalue weighted by atomic mass is 9.67. The highest BCUT2D eigenvalue weighted by Crippen LogP contribution is 2.44. The maximum Gasteiger partial charge on any atom is 0.306 e. The van der Waals surface area contributed by atoms with Gasteiger partial charge < -0.3 is 26.4 Å². The molecule has 2 aromatic rings. The third-order valence-corrected chi connectivity index (χ3v) is 7.84. The van der Waals surface area contributed by atoms with Crippen molar-refractivity contribution in [3.63, 3.8) is 0 Å². The molecule has 7 N–H and O–H groups in total. The summed E-state index contributed by atoms with van der Waals surface area (Å²) >= 11 is -1.42. The van der Waals surface area contributed by atoms with Crippen LogP contribution in [0.4, 0.5) is 22.7 Å². The molecule has 0 amide bonds. The summed E-state index contributed by atoms with van der Waals surface area (Å²) in [7, 11) is 0. The number of allylic oxidation sites excluding steroid dienone is 1. The number of benzene rings is 2. The van der Waals surface area contributed by atoms with Crippen LogP contribution in [0, 0.1) is 17.8 Å². The predicted octanol–water partition coefficient (Wildman–Crippen LogP) is 3.46. The second kappa shape index (κ2) is 9.11. The first-order valence-corrected chi connectivity index (χ1v) is 11.7. The number of carboxylic acid groups (broad SMARTS) is 1. The lowest BCUT2D eigenvalue weighted by molar-refractivity contribution is -0.143. The first kappa shape index (κ1) is 21.4. The highest BCUT2D eigenvalue weighted by Gasteiger charge is 2.49. The van der Waals surface area contributed by atoms with Gasteiger partial charge in [0, 0.05) is 35.4 Å². The minimum atomic E-state index is -1.42. The molecular weight excluding hydrogens is 412 g/mol. The molecule has 2 aliphatic carbocycles. The van der Waals surface area contributed by atoms with E-state index in [0.717, 1.165) is 12.1 Å². The summed E-state index contributed by atoms with van der Waals surface area (Å²) in [6.45, 7) is 0. The average Bonchev–Trinajstić information content (AvgIpc) is 2.76. The predicted molar refractivity (Wildman–Crippen MR) is 126 cm³/mol. The molecule has 0 bridgehead atoms. The van der Waals surface area contributed by atoms with Crippen LogP contribution in [-0.4, -0.2) is 26.9 Å². The number of nitrogen functional groups attached to an aromatic ring is 2. The van der Waals surface area contributed by atoms with Crippen molar-refractivity contribution in [3.8, 4) is 0 Å². The van der Waals surface area contributed by atoms with Crippen LogP contribution in [0.25, 0.3) is 0 Å². The Bertz CT molecular complexity index is 935. The molecule has 7 nitrogen and oxygen atoms in total. The smallest absolute Gasteiger partial charge is 0.306 e. The lowest BCUT2D eigenvalue weighted by Gasteiger charge is -2.44. The number of carbonyl (C=O) groups is 1. The van der Waals surface area contributed by atoms with Crippen LogP contribution in [-0.2, 0) is 16.2 Å². The van der Waals surface area contributed by atoms with Crippen LogP contribution in [0.5, 0.6) is 0 Å². The molecule has 2 aromatic carbocycles. The van der Waals surface area contributed by atoms with Crippen molar-refractivity contribution in [2.24, 2.45) is 17.8 Å². The summed E-state index contributed by atoms with van der Waals surface area (Å²) < 4.78 is 16.4. The molecule has 0 spiro atoms. The summed E-state index contributed by atoms with van der Waals surface area (Å²) in [6, 6.07) is 14.6. The van der Waals surface area contributed by atoms with E-state index in [-0.39, 0.29) is 23.1 Å². The van der Waals surface area contributed by atoms with Gasteiger partial charge in [-0.25, -0.2) is 4.72 Å². The maximum atomic E-state index is 13.3. The zero-order valence-electron chi connectivity index (χ0n) is 17.1. The molecule has 0 heterocycles. The molecule has 164 valence electrons. The molecule has 8 heteroatoms. The Hall–Kier alpha value is -2.84. The van der Waals surface area contributed by atoms with E-state index in [4.69, 9.17) is 11.5 Å². The molecule has 0 saturated heterocycles. The number of hydrogen-bond donors (Lipinski definition) is 5. The van der Waals surface area contributed by atoms with Crippen LogP contribution in [0.2, 0.25) is 0 Å². The van der Waals surface area contributed by atoms with Gasteiger partial charge in [-0.15, -0.1) is 0 Å². The molecule has 0 aromatic heterocycles. The molecule has 1 saturated carbocycles. The lowest BCUT2D eigenvalue weighted by Crippen LogP contribution is -2.50. The minimum Gasteiger partial charge on any atom is -0.593 e. The van der Waals surface area contributed by atoms with Crippen LogP contribution in [0.15, 0.2) is 60.7 Å². The van der Waals surface area contributed by atoms with E-state index in [9.17, 15) is 14.5 Å². The number of nitrogens with one attached hydrogen (secondary N) is 2. The van der Waals surface area contributed by atoms with Crippen molar-refractivity contribution in [2.75, 3.05) is 21.5 Å². The standard InChI is InChI=1S/C23H28N4O3S/c24-15-4-8-17(9-5-15)26-21-3-1-2-19-20(21)12-14(23(28)29)13-22(19)31(30)27-18-10-6-16(25)7-11-18/h1,3-11,14,19-22,26-27H,2,12-13,24-25H2,(H,28,29). The van der Waals surface area contributed by atoms with Crippen molar-refractivity contribution in [2.45, 2.75) is 30.6 Å². The maximum absolute atomic E-state index is 13.3. The number of nitrogens with two attached hydrogens (primary N) is 2. The third kappa shape index (κ3) is 4.91. The van der Waals surface area contributed by atoms with Gasteiger partial charge in [0.05, 0.1) is 23.0 Å². The summed E-state index contributed by atoms with van der Waals surface area (Å²) in [5.41, 5.74) is 14.5. The molecule has 6 unspecified atom stereocenters. The highest BCUT2D eigenvalue weighted by molar-refractivity contribution is 7.93. The van der Waals surface area contributed by atoms with Gasteiger partial charge >= 0.3 is 5.97 Å². The van der Waals surface area contributed by atoms with E-state index in [1.807, 2.05) is 24.3 Å². The highest BCUT2D eigenvalue weighted by atomic mass is 32.2. The quantitative estimate of drug-likeness (QED) is 0.263. The average molecular weight is 441 g/mol. The van der Waals surface area contributed by atoms with E-state index in [1.165, 1.54) is 0 Å². The molecule has 2 aliphatic rings. The van der Waals surface area contributed by atoms with Gasteiger partial charge in [0.1, 0.15) is 5.25 Å². The molecule has 1 fully saturated rings. The zero-order valence-corrected chi connectivity index (χ0v) is 17.9. The SMILES string of the molecule is Nc1ccc(NC2C=CCC3C2CC(C(=O)O)CC3[S+]([O-])Nc2ccc(N)cc2)cc1. The first-order valence-electron chi connectivity index (χ1n) is 10.4. The molecule has 0 radical (unpaired) electrons. The van der Waals surface area contributed by atoms with Gasteiger partial charge in [-0.05, 0) is 67.3 Å². The number of carboxylic acids is 1. The van der Waals surface area contributed by atoms with Gasteiger partial charge in [0.15, 0.2) is 0 Å². The minimum absolute atomic E-state index is 0.0273. The summed E-state index contributed by atoms with van der Waals surface area (Å²) in [5, 5.41) is 13.0. The Balaban J connectivity index is 1.55. The number of aliphatic carboxylic acids is 1. The number of anilines is 4. The first-order chi connectivity index (χ1) is 14.9. The van der Waals surface area contributed by atoms with Crippen LogP contribution in [0.1, 0.15) is 19.3 Å². The largest absolute Gasteiger partial charge is 0.593 e. The Morgan fingerprint density at radius 3 is 2.19 bits per heavy atom. The molecule has 31 heavy (non-hydrogen) atoms. The monoisotopic (exact) mass is 440 g/mol. The summed E-state index contributed by atoms with van der Waals surface area (Å²) in [6.07, 6.45) is 5.97. The van der Waals surface area contributed by atoms with Crippen molar-refractivity contribution in [1.29, 1.82) is 0 Å². The van der Waals surface area contributed by atoms with Crippen molar-refractivity contribution >= 4 is 40.1 Å². The van der Waals surface area contributed by atoms with Crippen molar-refractivity contribution in [3.05, 3.63) is 60.7 Å². The Kier molecular flexibility index (Phi) is 6.29. The van der Waals surface area contributed by atoms with Gasteiger partial charge in [-0.2, -0.15) is 0 Å². The molecule has 4 rings (SSSR count). The number of fused-ring (bicyclic) bond motifs is 1. The number of rotatable bonds is 6. The Morgan fingerprint density at radius 1 is 0.968 bits per heavy atom. The van der Waals surface area contributed by atoms with Crippen molar-refractivity contribution in [1.82, 2.24) is 0 Å². The zero-order chi connectivity index (χ0) is 22.0. The van der Waals surface area contributed by atoms with Crippen LogP contribution < -0.4 is 21.5 Å². The number of hydrogen-bond acceptors (Lipinski definition) is 6. The van der Waals surface area contributed by atoms with Gasteiger partial charge in [0.2, 0.25) is 0 Å². The summed E-state index contributed by atoms with van der Waals surface area (Å²) in [4.78, 5) is 11.9. The normalized spacial score (nSPS) is 28.4. The Labute approximate surface area is 185 Å². The fourth-order valence-corrected chi connectivity index (χ4v) is 6.27. The second-order valence-electron chi connectivity index (χ2n) is 8.35. The van der Waals surface area contributed by atoms with Gasteiger partial charge in [-0.3, -0.25) is 4.79 Å². The van der Waals surface area contributed by atoms with E-state index < -0.39 is 23.2 Å². The van der Waals surface area contributed by atoms with Crippen molar-refractivity contribution < 1.29 is 14.5 Å².